The van der Waals surface area contributed by atoms with Gasteiger partial charge in [0.1, 0.15) is 42.3 Å². The Bertz CT molecular complexity index is 2000. The number of primary amides is 3. The highest BCUT2D eigenvalue weighted by Crippen LogP contribution is 2.26. The summed E-state index contributed by atoms with van der Waals surface area (Å²) in [7, 11) is 2.09. The van der Waals surface area contributed by atoms with Crippen LogP contribution < -0.4 is 60.2 Å². The molecule has 0 radical (unpaired) electrons. The van der Waals surface area contributed by atoms with Gasteiger partial charge in [0.05, 0.1) is 19.0 Å². The maximum Gasteiger partial charge on any atom is 0.246 e. The topological polar surface area (TPSA) is 379 Å². The monoisotopic (exact) mass is 990 g/mol. The number of nitrogens with zero attached hydrogens (tertiary/aromatic N) is 1. The van der Waals surface area contributed by atoms with E-state index in [-0.39, 0.29) is 49.7 Å². The molecule has 376 valence electrons. The van der Waals surface area contributed by atoms with E-state index in [0.29, 0.717) is 18.4 Å². The van der Waals surface area contributed by atoms with Gasteiger partial charge in [-0.25, -0.2) is 0 Å². The Hall–Kier alpha value is -5.95. The minimum absolute atomic E-state index is 0.00659. The molecule has 15 N–H and O–H groups in total. The van der Waals surface area contributed by atoms with E-state index in [9.17, 15) is 52.7 Å². The van der Waals surface area contributed by atoms with E-state index in [0.717, 1.165) is 21.6 Å². The molecule has 2 aliphatic heterocycles. The minimum atomic E-state index is -1.74. The average molecular weight is 991 g/mol. The maximum absolute atomic E-state index is 14.5. The molecule has 1 aromatic rings. The first-order valence-corrected chi connectivity index (χ1v) is 24.9. The molecule has 0 aromatic heterocycles. The largest absolute Gasteiger partial charge is 0.370 e. The summed E-state index contributed by atoms with van der Waals surface area (Å²) in [4.78, 5) is 148. The summed E-state index contributed by atoms with van der Waals surface area (Å²) in [6.45, 7) is 6.68. The number of hydrogen-bond donors (Lipinski definition) is 11. The molecular weight excluding hydrogens is 925 g/mol. The highest BCUT2D eigenvalue weighted by molar-refractivity contribution is 8.76. The summed E-state index contributed by atoms with van der Waals surface area (Å²) in [5.74, 6) is -10.00. The van der Waals surface area contributed by atoms with Gasteiger partial charge in [0.15, 0.2) is 0 Å². The molecule has 0 aliphatic carbocycles. The second kappa shape index (κ2) is 27.8. The Morgan fingerprint density at radius 2 is 1.38 bits per heavy atom. The van der Waals surface area contributed by atoms with Crippen LogP contribution in [0.5, 0.6) is 0 Å². The van der Waals surface area contributed by atoms with Crippen LogP contribution in [0.25, 0.3) is 0 Å². The third kappa shape index (κ3) is 18.3. The maximum atomic E-state index is 14.5. The van der Waals surface area contributed by atoms with Gasteiger partial charge in [-0.2, -0.15) is 0 Å². The van der Waals surface area contributed by atoms with Gasteiger partial charge >= 0.3 is 0 Å². The van der Waals surface area contributed by atoms with Crippen molar-refractivity contribution in [1.82, 2.24) is 42.1 Å². The van der Waals surface area contributed by atoms with E-state index in [2.05, 4.69) is 37.2 Å². The van der Waals surface area contributed by atoms with Crippen LogP contribution in [0.4, 0.5) is 0 Å². The molecule has 0 saturated carbocycles. The van der Waals surface area contributed by atoms with Crippen LogP contribution in [-0.2, 0) is 59.2 Å². The van der Waals surface area contributed by atoms with Crippen molar-refractivity contribution in [3.8, 4) is 0 Å². The number of hydrogen-bond acceptors (Lipinski definition) is 14. The Kier molecular flexibility index (Phi) is 23.0. The van der Waals surface area contributed by atoms with Crippen molar-refractivity contribution in [2.45, 2.75) is 127 Å². The molecule has 3 rings (SSSR count). The summed E-state index contributed by atoms with van der Waals surface area (Å²) in [6, 6.07) is -1.87. The zero-order valence-electron chi connectivity index (χ0n) is 38.7. The third-order valence-corrected chi connectivity index (χ3v) is 13.6. The molecule has 2 saturated heterocycles. The number of carbonyl (C=O) groups is 11. The lowest BCUT2D eigenvalue weighted by Gasteiger charge is -2.31. The second-order valence-corrected chi connectivity index (χ2v) is 19.8. The highest BCUT2D eigenvalue weighted by Gasteiger charge is 2.41. The third-order valence-electron chi connectivity index (χ3n) is 11.2. The van der Waals surface area contributed by atoms with Crippen LogP contribution in [0.1, 0.15) is 78.2 Å². The summed E-state index contributed by atoms with van der Waals surface area (Å²) in [5.41, 5.74) is 23.1. The molecule has 25 heteroatoms. The quantitative estimate of drug-likeness (QED) is 0.0682. The molecular formula is C43H66N12O11S2. The van der Waals surface area contributed by atoms with Crippen molar-refractivity contribution in [3.63, 3.8) is 0 Å². The van der Waals surface area contributed by atoms with Crippen LogP contribution in [-0.4, -0.2) is 143 Å². The molecule has 11 amide bonds. The number of amides is 11. The van der Waals surface area contributed by atoms with Gasteiger partial charge < -0.3 is 65.1 Å². The fourth-order valence-corrected chi connectivity index (χ4v) is 9.60. The number of nitrogens with two attached hydrogens (primary N) is 4. The normalized spacial score (nSPS) is 24.5. The van der Waals surface area contributed by atoms with E-state index < -0.39 is 139 Å². The van der Waals surface area contributed by atoms with Gasteiger partial charge in [0.25, 0.3) is 0 Å². The number of nitrogens with one attached hydrogen (secondary N) is 7. The zero-order chi connectivity index (χ0) is 50.7. The van der Waals surface area contributed by atoms with Gasteiger partial charge in [0.2, 0.25) is 65.0 Å². The van der Waals surface area contributed by atoms with Crippen LogP contribution in [0.15, 0.2) is 30.3 Å². The molecule has 2 heterocycles. The summed E-state index contributed by atoms with van der Waals surface area (Å²) >= 11 is 0. The lowest BCUT2D eigenvalue weighted by atomic mass is 9.96. The Morgan fingerprint density at radius 3 is 2.00 bits per heavy atom. The minimum Gasteiger partial charge on any atom is -0.370 e. The Labute approximate surface area is 402 Å². The van der Waals surface area contributed by atoms with E-state index >= 15 is 0 Å². The molecule has 68 heavy (non-hydrogen) atoms. The Balaban J connectivity index is 2.04. The predicted octanol–water partition coefficient (Wildman–Crippen LogP) is -3.31. The van der Waals surface area contributed by atoms with Crippen LogP contribution in [0, 0.1) is 11.8 Å². The standard InChI is InChI=1S/C43H66N12O11S2/c1-5-23(4)35-42(65)49-26(13-14-32(45)56)38(61)51-29(18-33(46)57)39(62)53-30(21-68-67-20-25(44)36(59)50-28(40(63)54-35)17-24-10-7-6-8-11-24)43(66)55-15-9-12-31(55)41(64)52-27(16-22(2)3)37(60)48-19-34(47)58/h6-8,10-11,22-23,25-31,35H,5,9,12-21,44H2,1-4H3,(H2,45,56)(H2,46,57)(H2,47,58)(H,48,60)(H,49,65)(H,50,59)(H,51,61)(H,52,64)(H,53,62)(H,54,63)/t23-,25-,26-,27-,28+,29-,30-,31-,35-/m0/s1. The highest BCUT2D eigenvalue weighted by atomic mass is 33.1. The summed E-state index contributed by atoms with van der Waals surface area (Å²) in [5, 5.41) is 18.0. The number of likely N-dealkylation sites (tertiary alicyclic amines) is 1. The molecule has 0 bridgehead atoms. The predicted molar refractivity (Wildman–Crippen MR) is 253 cm³/mol. The SMILES string of the molecule is CC[C@H](C)[C@@H]1NC(=O)[C@@H](Cc2ccccc2)NC(=O)[C@@H](N)CSSC[C@@H](C(=O)N2CCC[C@H]2C(=O)N[C@@H](CC(C)C)C(=O)NCC(N)=O)NC(=O)[C@H](CC(N)=O)NC(=O)[C@H](CCC(N)=O)NC1=O. The molecule has 0 spiro atoms. The average Bonchev–Trinajstić information content (AvgIpc) is 3.78. The van der Waals surface area contributed by atoms with E-state index in [1.165, 1.54) is 4.90 Å². The molecule has 23 nitrogen and oxygen atoms in total. The van der Waals surface area contributed by atoms with Crippen molar-refractivity contribution in [3.05, 3.63) is 35.9 Å². The van der Waals surface area contributed by atoms with E-state index in [1.54, 1.807) is 44.2 Å². The number of rotatable bonds is 17. The van der Waals surface area contributed by atoms with Crippen molar-refractivity contribution in [1.29, 1.82) is 0 Å². The van der Waals surface area contributed by atoms with Gasteiger partial charge in [0, 0.05) is 30.9 Å². The van der Waals surface area contributed by atoms with Gasteiger partial charge in [-0.05, 0) is 43.1 Å². The first-order chi connectivity index (χ1) is 32.1. The smallest absolute Gasteiger partial charge is 0.246 e. The van der Waals surface area contributed by atoms with E-state index in [1.807, 2.05) is 13.8 Å². The molecule has 2 aliphatic rings. The summed E-state index contributed by atoms with van der Waals surface area (Å²) in [6.07, 6.45) is -0.468. The lowest BCUT2D eigenvalue weighted by molar-refractivity contribution is -0.142. The van der Waals surface area contributed by atoms with E-state index in [4.69, 9.17) is 22.9 Å². The summed E-state index contributed by atoms with van der Waals surface area (Å²) < 4.78 is 0. The van der Waals surface area contributed by atoms with Gasteiger partial charge in [-0.3, -0.25) is 52.7 Å². The van der Waals surface area contributed by atoms with Crippen LogP contribution in [0.3, 0.4) is 0 Å². The van der Waals surface area contributed by atoms with Gasteiger partial charge in [-0.15, -0.1) is 0 Å². The first kappa shape index (κ1) is 56.4. The van der Waals surface area contributed by atoms with Crippen molar-refractivity contribution < 1.29 is 52.7 Å². The fraction of sp³-hybridized carbons (Fsp3) is 0.605. The second-order valence-electron chi connectivity index (χ2n) is 17.2. The van der Waals surface area contributed by atoms with Crippen molar-refractivity contribution in [2.24, 2.45) is 34.8 Å². The zero-order valence-corrected chi connectivity index (χ0v) is 40.3. The van der Waals surface area contributed by atoms with Crippen LogP contribution >= 0.6 is 21.6 Å². The number of carbonyl (C=O) groups excluding carboxylic acids is 11. The first-order valence-electron chi connectivity index (χ1n) is 22.4. The fourth-order valence-electron chi connectivity index (χ4n) is 7.33. The van der Waals surface area contributed by atoms with Gasteiger partial charge in [-0.1, -0.05) is 86.0 Å². The van der Waals surface area contributed by atoms with Crippen molar-refractivity contribution in [2.75, 3.05) is 24.6 Å². The van der Waals surface area contributed by atoms with Crippen LogP contribution in [0.2, 0.25) is 0 Å². The Morgan fingerprint density at radius 1 is 0.765 bits per heavy atom. The molecule has 0 unspecified atom stereocenters. The molecule has 1 aromatic carbocycles. The van der Waals surface area contributed by atoms with Crippen molar-refractivity contribution >= 4 is 86.6 Å². The number of benzene rings is 1. The lowest BCUT2D eigenvalue weighted by Crippen LogP contribution is -2.61. The molecule has 9 atom stereocenters. The molecule has 2 fully saturated rings.